The Morgan fingerprint density at radius 2 is 1.80 bits per heavy atom. The highest BCUT2D eigenvalue weighted by Gasteiger charge is 2.23. The van der Waals surface area contributed by atoms with E-state index < -0.39 is 5.91 Å². The van der Waals surface area contributed by atoms with Gasteiger partial charge in [-0.3, -0.25) is 4.79 Å². The topological polar surface area (TPSA) is 75.3 Å². The third-order valence-corrected chi connectivity index (χ3v) is 5.05. The summed E-state index contributed by atoms with van der Waals surface area (Å²) in [6.07, 6.45) is 3.95. The maximum atomic E-state index is 12.2. The fraction of sp³-hybridized carbons (Fsp3) is 0.381. The number of nitrogens with one attached hydrogen (secondary N) is 1. The zero-order valence-electron chi connectivity index (χ0n) is 14.7. The van der Waals surface area contributed by atoms with Crippen molar-refractivity contribution in [3.8, 4) is 11.1 Å². The Kier molecular flexibility index (Phi) is 5.39. The van der Waals surface area contributed by atoms with Crippen molar-refractivity contribution in [1.82, 2.24) is 0 Å². The molecule has 3 rings (SSSR count). The molecule has 4 heteroatoms. The Hall–Kier alpha value is -2.33. The van der Waals surface area contributed by atoms with E-state index >= 15 is 0 Å². The van der Waals surface area contributed by atoms with Crippen LogP contribution in [0.4, 0.5) is 5.69 Å². The van der Waals surface area contributed by atoms with Crippen LogP contribution >= 0.6 is 0 Å². The number of anilines is 1. The summed E-state index contributed by atoms with van der Waals surface area (Å²) >= 11 is 0. The van der Waals surface area contributed by atoms with Gasteiger partial charge in [0.05, 0.1) is 11.7 Å². The van der Waals surface area contributed by atoms with E-state index in [9.17, 15) is 9.90 Å². The lowest BCUT2D eigenvalue weighted by molar-refractivity contribution is 0.0999. The first-order valence-corrected chi connectivity index (χ1v) is 9.05. The smallest absolute Gasteiger partial charge is 0.251 e. The number of aliphatic hydroxyl groups is 1. The first-order chi connectivity index (χ1) is 12.1. The molecule has 0 radical (unpaired) electrons. The molecule has 1 aliphatic rings. The van der Waals surface area contributed by atoms with Gasteiger partial charge in [-0.2, -0.15) is 0 Å². The van der Waals surface area contributed by atoms with Gasteiger partial charge in [0.2, 0.25) is 0 Å². The summed E-state index contributed by atoms with van der Waals surface area (Å²) in [4.78, 5) is 12.2. The second-order valence-corrected chi connectivity index (χ2v) is 6.75. The minimum Gasteiger partial charge on any atom is -0.393 e. The van der Waals surface area contributed by atoms with Crippen LogP contribution in [0.1, 0.15) is 48.5 Å². The van der Waals surface area contributed by atoms with Gasteiger partial charge in [0, 0.05) is 11.7 Å². The summed E-state index contributed by atoms with van der Waals surface area (Å²) in [7, 11) is 0. The standard InChI is InChI=1S/C21H26N2O2/c1-2-17-18(14-6-4-3-5-7-14)12-13-19(20(17)21(22)25)23-15-8-10-16(24)11-9-15/h3-7,12-13,15-16,23-24H,2,8-11H2,1H3,(H2,22,25)/t15-,16-. The van der Waals surface area contributed by atoms with Crippen molar-refractivity contribution < 1.29 is 9.90 Å². The molecular weight excluding hydrogens is 312 g/mol. The normalized spacial score (nSPS) is 20.2. The number of hydrogen-bond donors (Lipinski definition) is 3. The SMILES string of the molecule is CCc1c(-c2ccccc2)ccc(N[C@H]2CC[C@H](O)CC2)c1C(N)=O. The molecular formula is C21H26N2O2. The molecule has 2 aromatic rings. The number of hydrogen-bond acceptors (Lipinski definition) is 3. The third kappa shape index (κ3) is 3.85. The van der Waals surface area contributed by atoms with Crippen LogP contribution in [0, 0.1) is 0 Å². The fourth-order valence-corrected chi connectivity index (χ4v) is 3.75. The molecule has 2 aromatic carbocycles. The molecule has 0 spiro atoms. The van der Waals surface area contributed by atoms with Crippen molar-refractivity contribution >= 4 is 11.6 Å². The lowest BCUT2D eigenvalue weighted by Gasteiger charge is -2.28. The Morgan fingerprint density at radius 1 is 1.12 bits per heavy atom. The van der Waals surface area contributed by atoms with E-state index in [2.05, 4.69) is 30.4 Å². The number of benzene rings is 2. The number of rotatable bonds is 5. The number of amides is 1. The van der Waals surface area contributed by atoms with Crippen LogP contribution in [0.2, 0.25) is 0 Å². The quantitative estimate of drug-likeness (QED) is 0.777. The largest absolute Gasteiger partial charge is 0.393 e. The number of aliphatic hydroxyl groups excluding tert-OH is 1. The lowest BCUT2D eigenvalue weighted by atomic mass is 9.90. The lowest BCUT2D eigenvalue weighted by Crippen LogP contribution is -2.29. The Bertz CT molecular complexity index is 735. The Morgan fingerprint density at radius 3 is 2.40 bits per heavy atom. The van der Waals surface area contributed by atoms with Crippen LogP contribution in [0.25, 0.3) is 11.1 Å². The molecule has 0 aliphatic heterocycles. The zero-order valence-corrected chi connectivity index (χ0v) is 14.7. The van der Waals surface area contributed by atoms with E-state index in [0.29, 0.717) is 5.56 Å². The molecule has 0 heterocycles. The first kappa shape index (κ1) is 17.5. The first-order valence-electron chi connectivity index (χ1n) is 9.05. The highest BCUT2D eigenvalue weighted by atomic mass is 16.3. The molecule has 132 valence electrons. The van der Waals surface area contributed by atoms with Gasteiger partial charge in [-0.15, -0.1) is 0 Å². The fourth-order valence-electron chi connectivity index (χ4n) is 3.75. The van der Waals surface area contributed by atoms with Crippen LogP contribution in [-0.2, 0) is 6.42 Å². The summed E-state index contributed by atoms with van der Waals surface area (Å²) in [5, 5.41) is 13.2. The second-order valence-electron chi connectivity index (χ2n) is 6.75. The van der Waals surface area contributed by atoms with Gasteiger partial charge >= 0.3 is 0 Å². The highest BCUT2D eigenvalue weighted by molar-refractivity contribution is 6.02. The Balaban J connectivity index is 1.98. The van der Waals surface area contributed by atoms with Crippen LogP contribution in [-0.4, -0.2) is 23.2 Å². The zero-order chi connectivity index (χ0) is 17.8. The molecule has 0 unspecified atom stereocenters. The highest BCUT2D eigenvalue weighted by Crippen LogP contribution is 2.33. The van der Waals surface area contributed by atoms with E-state index in [1.54, 1.807) is 0 Å². The molecule has 4 nitrogen and oxygen atoms in total. The van der Waals surface area contributed by atoms with E-state index in [-0.39, 0.29) is 12.1 Å². The molecule has 1 saturated carbocycles. The van der Waals surface area contributed by atoms with Crippen LogP contribution in [0.3, 0.4) is 0 Å². The van der Waals surface area contributed by atoms with Gasteiger partial charge in [0.1, 0.15) is 0 Å². The summed E-state index contributed by atoms with van der Waals surface area (Å²) in [5.74, 6) is -0.395. The maximum Gasteiger partial charge on any atom is 0.251 e. The molecule has 1 amide bonds. The van der Waals surface area contributed by atoms with Gasteiger partial charge in [-0.1, -0.05) is 43.3 Å². The van der Waals surface area contributed by atoms with Crippen molar-refractivity contribution in [2.24, 2.45) is 5.73 Å². The molecule has 25 heavy (non-hydrogen) atoms. The maximum absolute atomic E-state index is 12.2. The van der Waals surface area contributed by atoms with Crippen molar-refractivity contribution in [2.45, 2.75) is 51.2 Å². The van der Waals surface area contributed by atoms with E-state index in [0.717, 1.165) is 54.5 Å². The van der Waals surface area contributed by atoms with Crippen LogP contribution < -0.4 is 11.1 Å². The van der Waals surface area contributed by atoms with Gasteiger partial charge in [-0.05, 0) is 54.9 Å². The summed E-state index contributed by atoms with van der Waals surface area (Å²) in [5.41, 5.74) is 10.3. The average Bonchev–Trinajstić information content (AvgIpc) is 2.63. The van der Waals surface area contributed by atoms with E-state index in [1.165, 1.54) is 0 Å². The Labute approximate surface area is 149 Å². The molecule has 0 aromatic heterocycles. The molecule has 0 atom stereocenters. The second kappa shape index (κ2) is 7.70. The van der Waals surface area contributed by atoms with Crippen molar-refractivity contribution in [3.63, 3.8) is 0 Å². The predicted octanol–water partition coefficient (Wildman–Crippen LogP) is 3.73. The predicted molar refractivity (Wildman–Crippen MR) is 102 cm³/mol. The van der Waals surface area contributed by atoms with Crippen molar-refractivity contribution in [2.75, 3.05) is 5.32 Å². The van der Waals surface area contributed by atoms with Gasteiger partial charge in [0.15, 0.2) is 0 Å². The van der Waals surface area contributed by atoms with Crippen molar-refractivity contribution in [1.29, 1.82) is 0 Å². The monoisotopic (exact) mass is 338 g/mol. The minimum absolute atomic E-state index is 0.194. The molecule has 0 bridgehead atoms. The third-order valence-electron chi connectivity index (χ3n) is 5.05. The molecule has 1 fully saturated rings. The van der Waals surface area contributed by atoms with E-state index in [1.807, 2.05) is 24.3 Å². The number of carbonyl (C=O) groups is 1. The summed E-state index contributed by atoms with van der Waals surface area (Å²) in [6.45, 7) is 2.05. The van der Waals surface area contributed by atoms with Crippen LogP contribution in [0.15, 0.2) is 42.5 Å². The number of nitrogens with two attached hydrogens (primary N) is 1. The average molecular weight is 338 g/mol. The minimum atomic E-state index is -0.395. The van der Waals surface area contributed by atoms with Crippen LogP contribution in [0.5, 0.6) is 0 Å². The van der Waals surface area contributed by atoms with Gasteiger partial charge in [0.25, 0.3) is 5.91 Å². The van der Waals surface area contributed by atoms with Gasteiger partial charge in [-0.25, -0.2) is 0 Å². The molecule has 1 aliphatic carbocycles. The summed E-state index contributed by atoms with van der Waals surface area (Å²) in [6, 6.07) is 14.4. The number of carbonyl (C=O) groups excluding carboxylic acids is 1. The summed E-state index contributed by atoms with van der Waals surface area (Å²) < 4.78 is 0. The molecule has 4 N–H and O–H groups in total. The van der Waals surface area contributed by atoms with Crippen molar-refractivity contribution in [3.05, 3.63) is 53.6 Å². The number of primary amides is 1. The van der Waals surface area contributed by atoms with E-state index in [4.69, 9.17) is 5.73 Å². The molecule has 0 saturated heterocycles. The van der Waals surface area contributed by atoms with Gasteiger partial charge < -0.3 is 16.2 Å².